The summed E-state index contributed by atoms with van der Waals surface area (Å²) in [6, 6.07) is 11.7. The molecule has 0 radical (unpaired) electrons. The molecule has 3 aromatic rings. The number of nitrogens with one attached hydrogen (secondary N) is 1. The van der Waals surface area contributed by atoms with E-state index < -0.39 is 32.5 Å². The van der Waals surface area contributed by atoms with Crippen LogP contribution < -0.4 is 5.32 Å². The lowest BCUT2D eigenvalue weighted by molar-refractivity contribution is 0.0946. The molecule has 1 heterocycles. The quantitative estimate of drug-likeness (QED) is 0.671. The molecule has 0 fully saturated rings. The summed E-state index contributed by atoms with van der Waals surface area (Å²) in [5.74, 6) is -1.76. The Morgan fingerprint density at radius 3 is 2.52 bits per heavy atom. The molecule has 1 N–H and O–H groups in total. The fourth-order valence-corrected chi connectivity index (χ4v) is 3.46. The van der Waals surface area contributed by atoms with Crippen molar-refractivity contribution in [3.63, 3.8) is 0 Å². The van der Waals surface area contributed by atoms with Gasteiger partial charge in [-0.1, -0.05) is 34.9 Å². The van der Waals surface area contributed by atoms with Crippen molar-refractivity contribution in [1.29, 1.82) is 0 Å². The molecule has 0 aliphatic carbocycles. The van der Waals surface area contributed by atoms with Gasteiger partial charge in [-0.05, 0) is 30.3 Å². The van der Waals surface area contributed by atoms with E-state index in [1.165, 1.54) is 30.3 Å². The molecular weight excluding hydrogens is 397 g/mol. The average Bonchev–Trinajstić information content (AvgIpc) is 3.12. The molecule has 0 unspecified atom stereocenters. The zero-order valence-electron chi connectivity index (χ0n) is 13.7. The van der Waals surface area contributed by atoms with Gasteiger partial charge in [0.25, 0.3) is 5.91 Å². The van der Waals surface area contributed by atoms with Crippen LogP contribution in [0, 0.1) is 5.82 Å². The van der Waals surface area contributed by atoms with Gasteiger partial charge in [0.1, 0.15) is 5.82 Å². The number of nitrogens with zero attached hydrogens (tertiary/aromatic N) is 2. The highest BCUT2D eigenvalue weighted by Gasteiger charge is 2.24. The molecule has 0 aliphatic heterocycles. The summed E-state index contributed by atoms with van der Waals surface area (Å²) >= 11 is 5.76. The van der Waals surface area contributed by atoms with Gasteiger partial charge in [0.05, 0.1) is 12.3 Å². The Kier molecular flexibility index (Phi) is 5.52. The number of carbonyl (C=O) groups excluding carboxylic acids is 1. The minimum atomic E-state index is -4.02. The van der Waals surface area contributed by atoms with Crippen molar-refractivity contribution in [2.75, 3.05) is 0 Å². The third-order valence-corrected chi connectivity index (χ3v) is 5.16. The highest BCUT2D eigenvalue weighted by molar-refractivity contribution is 7.90. The van der Waals surface area contributed by atoms with E-state index in [9.17, 15) is 17.6 Å². The van der Waals surface area contributed by atoms with Crippen molar-refractivity contribution in [2.24, 2.45) is 0 Å². The van der Waals surface area contributed by atoms with Crippen LogP contribution >= 0.6 is 11.6 Å². The largest absolute Gasteiger partial charge is 0.411 e. The first kappa shape index (κ1) is 19.0. The minimum absolute atomic E-state index is 0.00621. The number of carbonyl (C=O) groups is 1. The topological polar surface area (TPSA) is 102 Å². The minimum Gasteiger partial charge on any atom is -0.411 e. The van der Waals surface area contributed by atoms with Crippen molar-refractivity contribution >= 4 is 27.3 Å². The van der Waals surface area contributed by atoms with Crippen LogP contribution in [0.25, 0.3) is 0 Å². The van der Waals surface area contributed by atoms with Gasteiger partial charge in [-0.15, -0.1) is 5.10 Å². The number of hydrogen-bond donors (Lipinski definition) is 1. The second-order valence-corrected chi connectivity index (χ2v) is 7.81. The van der Waals surface area contributed by atoms with Gasteiger partial charge >= 0.3 is 5.22 Å². The average molecular weight is 410 g/mol. The van der Waals surface area contributed by atoms with E-state index in [4.69, 9.17) is 16.0 Å². The van der Waals surface area contributed by atoms with Crippen molar-refractivity contribution in [2.45, 2.75) is 17.5 Å². The van der Waals surface area contributed by atoms with Crippen LogP contribution in [0.15, 0.2) is 58.2 Å². The second-order valence-electron chi connectivity index (χ2n) is 5.50. The molecule has 0 aliphatic rings. The Labute approximate surface area is 159 Å². The number of halogens is 2. The van der Waals surface area contributed by atoms with E-state index in [-0.39, 0.29) is 18.0 Å². The van der Waals surface area contributed by atoms with Crippen molar-refractivity contribution in [3.8, 4) is 0 Å². The molecule has 0 bridgehead atoms. The van der Waals surface area contributed by atoms with Crippen LogP contribution in [0.3, 0.4) is 0 Å². The molecule has 10 heteroatoms. The van der Waals surface area contributed by atoms with E-state index in [2.05, 4.69) is 15.5 Å². The molecule has 140 valence electrons. The number of amides is 1. The van der Waals surface area contributed by atoms with Gasteiger partial charge in [0.2, 0.25) is 15.7 Å². The Hall–Kier alpha value is -2.78. The first-order chi connectivity index (χ1) is 12.8. The summed E-state index contributed by atoms with van der Waals surface area (Å²) in [4.78, 5) is 12.0. The first-order valence-corrected chi connectivity index (χ1v) is 9.70. The molecule has 2 aromatic carbocycles. The van der Waals surface area contributed by atoms with Gasteiger partial charge in [-0.25, -0.2) is 12.8 Å². The van der Waals surface area contributed by atoms with Crippen molar-refractivity contribution in [1.82, 2.24) is 15.5 Å². The number of rotatable bonds is 6. The number of hydrogen-bond acceptors (Lipinski definition) is 6. The fourth-order valence-electron chi connectivity index (χ4n) is 2.18. The molecule has 1 aromatic heterocycles. The summed E-state index contributed by atoms with van der Waals surface area (Å²) in [7, 11) is -4.02. The van der Waals surface area contributed by atoms with Gasteiger partial charge in [-0.2, -0.15) is 0 Å². The monoisotopic (exact) mass is 409 g/mol. The van der Waals surface area contributed by atoms with Gasteiger partial charge in [0.15, 0.2) is 0 Å². The Morgan fingerprint density at radius 1 is 1.11 bits per heavy atom. The molecule has 0 saturated carbocycles. The predicted molar refractivity (Wildman–Crippen MR) is 94.2 cm³/mol. The molecular formula is C17H13ClFN3O4S. The van der Waals surface area contributed by atoms with Crippen LogP contribution in [0.5, 0.6) is 0 Å². The summed E-state index contributed by atoms with van der Waals surface area (Å²) in [6.45, 7) is -0.163. The fraction of sp³-hybridized carbons (Fsp3) is 0.118. The Bertz CT molecular complexity index is 1070. The normalized spacial score (nSPS) is 11.3. The zero-order chi connectivity index (χ0) is 19.4. The standard InChI is InChI=1S/C17H13ClFN3O4S/c18-13-7-5-11(6-8-13)16(23)20-9-15-21-22-17(26-15)27(24,25)10-12-3-1-2-4-14(12)19/h1-8H,9-10H2,(H,20,23). The third-order valence-electron chi connectivity index (χ3n) is 3.52. The highest BCUT2D eigenvalue weighted by atomic mass is 35.5. The number of benzene rings is 2. The Morgan fingerprint density at radius 2 is 1.81 bits per heavy atom. The van der Waals surface area contributed by atoms with E-state index in [0.717, 1.165) is 6.07 Å². The molecule has 7 nitrogen and oxygen atoms in total. The van der Waals surface area contributed by atoms with E-state index in [1.807, 2.05) is 0 Å². The molecule has 0 saturated heterocycles. The third kappa shape index (κ3) is 4.69. The maximum atomic E-state index is 13.6. The van der Waals surface area contributed by atoms with Crippen molar-refractivity contribution < 1.29 is 22.0 Å². The summed E-state index contributed by atoms with van der Waals surface area (Å²) in [5.41, 5.74) is 0.361. The van der Waals surface area contributed by atoms with Crippen LogP contribution in [-0.2, 0) is 22.1 Å². The van der Waals surface area contributed by atoms with Crippen molar-refractivity contribution in [3.05, 3.63) is 76.4 Å². The number of sulfone groups is 1. The van der Waals surface area contributed by atoms with E-state index in [0.29, 0.717) is 10.6 Å². The van der Waals surface area contributed by atoms with Crippen LogP contribution in [0.2, 0.25) is 5.02 Å². The number of aromatic nitrogens is 2. The van der Waals surface area contributed by atoms with E-state index >= 15 is 0 Å². The summed E-state index contributed by atoms with van der Waals surface area (Å²) < 4.78 is 43.3. The first-order valence-electron chi connectivity index (χ1n) is 7.67. The smallest absolute Gasteiger partial charge is 0.335 e. The lowest BCUT2D eigenvalue weighted by Gasteiger charge is -2.03. The molecule has 0 spiro atoms. The highest BCUT2D eigenvalue weighted by Crippen LogP contribution is 2.17. The lowest BCUT2D eigenvalue weighted by atomic mass is 10.2. The Balaban J connectivity index is 1.66. The SMILES string of the molecule is O=C(NCc1nnc(S(=O)(=O)Cc2ccccc2F)o1)c1ccc(Cl)cc1. The molecule has 1 amide bonds. The maximum Gasteiger partial charge on any atom is 0.335 e. The molecule has 0 atom stereocenters. The summed E-state index contributed by atoms with van der Waals surface area (Å²) in [5, 5.41) is 9.46. The molecule has 3 rings (SSSR count). The lowest BCUT2D eigenvalue weighted by Crippen LogP contribution is -2.22. The van der Waals surface area contributed by atoms with Gasteiger partial charge in [-0.3, -0.25) is 4.79 Å². The van der Waals surface area contributed by atoms with Crippen LogP contribution in [0.4, 0.5) is 4.39 Å². The van der Waals surface area contributed by atoms with Crippen LogP contribution in [-0.4, -0.2) is 24.5 Å². The zero-order valence-corrected chi connectivity index (χ0v) is 15.3. The van der Waals surface area contributed by atoms with Crippen LogP contribution in [0.1, 0.15) is 21.8 Å². The predicted octanol–water partition coefficient (Wildman–Crippen LogP) is 2.77. The summed E-state index contributed by atoms with van der Waals surface area (Å²) in [6.07, 6.45) is 0. The molecule has 27 heavy (non-hydrogen) atoms. The maximum absolute atomic E-state index is 13.6. The second kappa shape index (κ2) is 7.85. The van der Waals surface area contributed by atoms with Gasteiger partial charge in [0, 0.05) is 16.1 Å². The van der Waals surface area contributed by atoms with Gasteiger partial charge < -0.3 is 9.73 Å². The van der Waals surface area contributed by atoms with E-state index in [1.54, 1.807) is 12.1 Å².